The molecule has 1 aliphatic heterocycles. The molecule has 2 nitrogen and oxygen atoms in total. The highest BCUT2D eigenvalue weighted by molar-refractivity contribution is 7.73. The minimum Gasteiger partial charge on any atom is -0.451 e. The van der Waals surface area contributed by atoms with Crippen molar-refractivity contribution in [1.29, 1.82) is 0 Å². The molecule has 1 aliphatic rings. The molecule has 3 rings (SSSR count). The molecule has 0 spiro atoms. The molecule has 2 aromatic carbocycles. The van der Waals surface area contributed by atoms with Crippen molar-refractivity contribution in [2.24, 2.45) is 0 Å². The van der Waals surface area contributed by atoms with Crippen LogP contribution in [0, 0.1) is 0 Å². The van der Waals surface area contributed by atoms with Crippen LogP contribution in [0.5, 0.6) is 0 Å². The van der Waals surface area contributed by atoms with E-state index in [0.717, 1.165) is 19.6 Å². The van der Waals surface area contributed by atoms with E-state index in [1.165, 1.54) is 29.6 Å². The van der Waals surface area contributed by atoms with E-state index in [-0.39, 0.29) is 7.92 Å². The molecule has 0 unspecified atom stereocenters. The third kappa shape index (κ3) is 4.18. The normalized spacial score (nSPS) is 14.5. The quantitative estimate of drug-likeness (QED) is 0.492. The summed E-state index contributed by atoms with van der Waals surface area (Å²) in [7, 11) is -0.253. The maximum atomic E-state index is 3.26. The van der Waals surface area contributed by atoms with E-state index in [1.54, 1.807) is 0 Å². The first kappa shape index (κ1) is 15.2. The van der Waals surface area contributed by atoms with Gasteiger partial charge in [-0.25, -0.2) is 0 Å². The Morgan fingerprint density at radius 1 is 0.955 bits per heavy atom. The van der Waals surface area contributed by atoms with Crippen LogP contribution in [-0.2, 0) is 0 Å². The Morgan fingerprint density at radius 2 is 1.59 bits per heavy atom. The molecule has 0 atom stereocenters. The fraction of sp³-hybridized carbons (Fsp3) is 0.316. The lowest BCUT2D eigenvalue weighted by Crippen LogP contribution is -2.32. The summed E-state index contributed by atoms with van der Waals surface area (Å²) < 4.78 is 2.30. The third-order valence-electron chi connectivity index (χ3n) is 3.91. The highest BCUT2D eigenvalue weighted by Crippen LogP contribution is 2.33. The van der Waals surface area contributed by atoms with Gasteiger partial charge in [-0.05, 0) is 31.1 Å². The van der Waals surface area contributed by atoms with Gasteiger partial charge in [-0.15, -0.1) is 6.34 Å². The van der Waals surface area contributed by atoms with Crippen LogP contribution in [0.15, 0.2) is 60.7 Å². The van der Waals surface area contributed by atoms with Gasteiger partial charge in [-0.2, -0.15) is 0 Å². The average molecular weight is 310 g/mol. The lowest BCUT2D eigenvalue weighted by molar-refractivity contribution is -0.528. The van der Waals surface area contributed by atoms with Crippen LogP contribution >= 0.6 is 7.92 Å². The molecule has 0 saturated heterocycles. The van der Waals surface area contributed by atoms with E-state index in [0.29, 0.717) is 0 Å². The number of hydrogen-bond donors (Lipinski definition) is 1. The summed E-state index contributed by atoms with van der Waals surface area (Å²) in [4.78, 5) is 0. The first-order valence-electron chi connectivity index (χ1n) is 8.04. The molecule has 0 saturated carbocycles. The fourth-order valence-electron chi connectivity index (χ4n) is 2.79. The largest absolute Gasteiger partial charge is 0.451 e. The van der Waals surface area contributed by atoms with Crippen molar-refractivity contribution in [3.63, 3.8) is 0 Å². The number of rotatable bonds is 6. The monoisotopic (exact) mass is 310 g/mol. The third-order valence-corrected chi connectivity index (χ3v) is 6.52. The fourth-order valence-corrected chi connectivity index (χ4v) is 5.13. The molecule has 1 N–H and O–H groups in total. The molecule has 0 bridgehead atoms. The summed E-state index contributed by atoms with van der Waals surface area (Å²) in [5.41, 5.74) is 0. The number of benzene rings is 2. The maximum Gasteiger partial charge on any atom is 0.0561 e. The summed E-state index contributed by atoms with van der Waals surface area (Å²) in [6, 6.07) is 21.9. The van der Waals surface area contributed by atoms with E-state index in [4.69, 9.17) is 0 Å². The summed E-state index contributed by atoms with van der Waals surface area (Å²) >= 11 is 0. The number of hydrogen-bond acceptors (Lipinski definition) is 1. The summed E-state index contributed by atoms with van der Waals surface area (Å²) in [6.45, 7) is 3.31. The zero-order valence-corrected chi connectivity index (χ0v) is 13.8. The van der Waals surface area contributed by atoms with Crippen LogP contribution in [-0.4, -0.2) is 36.7 Å². The van der Waals surface area contributed by atoms with Gasteiger partial charge in [0.25, 0.3) is 0 Å². The van der Waals surface area contributed by atoms with Gasteiger partial charge in [-0.3, -0.25) is 0 Å². The second-order valence-corrected chi connectivity index (χ2v) is 7.89. The van der Waals surface area contributed by atoms with Crippen molar-refractivity contribution in [2.45, 2.75) is 12.8 Å². The van der Waals surface area contributed by atoms with Crippen LogP contribution in [0.3, 0.4) is 0 Å². The minimum absolute atomic E-state index is 0.253. The Kier molecular flexibility index (Phi) is 5.61. The Hall–Kier alpha value is -1.66. The topological polar surface area (TPSA) is 15.0 Å². The van der Waals surface area contributed by atoms with Crippen LogP contribution in [0.4, 0.5) is 0 Å². The molecule has 114 valence electrons. The molecule has 0 radical (unpaired) electrons. The predicted octanol–water partition coefficient (Wildman–Crippen LogP) is 2.42. The van der Waals surface area contributed by atoms with Gasteiger partial charge < -0.3 is 9.89 Å². The standard InChI is InChI=1S/C19H23N2P/c1-3-9-18(10-4-1)22(19-11-5-2-6-12-19)16-8-15-21-14-7-13-20-17-21/h1-6,9-12,20H,7-8,13-16H2. The van der Waals surface area contributed by atoms with Gasteiger partial charge in [0.05, 0.1) is 19.6 Å². The second-order valence-electron chi connectivity index (χ2n) is 5.56. The SMILES string of the molecule is [C-]1=[N+](CCCP(c2ccccc2)c2ccccc2)CCCN1. The second kappa shape index (κ2) is 8.10. The summed E-state index contributed by atoms with van der Waals surface area (Å²) in [6.07, 6.45) is 6.93. The zero-order chi connectivity index (χ0) is 15.0. The van der Waals surface area contributed by atoms with E-state index in [1.807, 2.05) is 0 Å². The van der Waals surface area contributed by atoms with Crippen LogP contribution in [0.2, 0.25) is 0 Å². The molecule has 3 heteroatoms. The number of nitrogens with one attached hydrogen (secondary N) is 1. The average Bonchev–Trinajstić information content (AvgIpc) is 2.61. The highest BCUT2D eigenvalue weighted by atomic mass is 31.1. The van der Waals surface area contributed by atoms with Crippen molar-refractivity contribution < 1.29 is 4.58 Å². The van der Waals surface area contributed by atoms with Gasteiger partial charge >= 0.3 is 0 Å². The van der Waals surface area contributed by atoms with Crippen molar-refractivity contribution in [1.82, 2.24) is 5.32 Å². The van der Waals surface area contributed by atoms with Crippen molar-refractivity contribution in [3.05, 3.63) is 60.7 Å². The Bertz CT molecular complexity index is 556. The Morgan fingerprint density at radius 3 is 2.14 bits per heavy atom. The summed E-state index contributed by atoms with van der Waals surface area (Å²) in [5, 5.41) is 6.18. The van der Waals surface area contributed by atoms with Gasteiger partial charge in [0.2, 0.25) is 0 Å². The van der Waals surface area contributed by atoms with E-state index in [9.17, 15) is 0 Å². The van der Waals surface area contributed by atoms with E-state index in [2.05, 4.69) is 76.9 Å². The van der Waals surface area contributed by atoms with E-state index >= 15 is 0 Å². The molecule has 2 aromatic rings. The molecule has 22 heavy (non-hydrogen) atoms. The lowest BCUT2D eigenvalue weighted by Gasteiger charge is -2.23. The van der Waals surface area contributed by atoms with E-state index < -0.39 is 0 Å². The Balaban J connectivity index is 1.68. The minimum atomic E-state index is -0.253. The van der Waals surface area contributed by atoms with Crippen LogP contribution in [0.1, 0.15) is 12.8 Å². The number of nitrogens with zero attached hydrogens (tertiary/aromatic N) is 1. The molecular formula is C19H23N2P. The molecular weight excluding hydrogens is 287 g/mol. The van der Waals surface area contributed by atoms with Crippen LogP contribution < -0.4 is 15.9 Å². The van der Waals surface area contributed by atoms with Crippen molar-refractivity contribution >= 4 is 24.9 Å². The maximum absolute atomic E-state index is 3.26. The van der Waals surface area contributed by atoms with Crippen molar-refractivity contribution in [3.8, 4) is 0 Å². The first-order valence-corrected chi connectivity index (χ1v) is 9.57. The molecule has 0 aromatic heterocycles. The molecule has 1 heterocycles. The van der Waals surface area contributed by atoms with Gasteiger partial charge in [0, 0.05) is 6.42 Å². The molecule has 0 fully saturated rings. The van der Waals surface area contributed by atoms with Gasteiger partial charge in [0.15, 0.2) is 0 Å². The zero-order valence-electron chi connectivity index (χ0n) is 12.9. The Labute approximate surface area is 134 Å². The summed E-state index contributed by atoms with van der Waals surface area (Å²) in [5.74, 6) is 0. The highest BCUT2D eigenvalue weighted by Gasteiger charge is 2.13. The first-order chi connectivity index (χ1) is 10.9. The molecule has 0 amide bonds. The lowest BCUT2D eigenvalue weighted by atomic mass is 10.3. The predicted molar refractivity (Wildman–Crippen MR) is 96.2 cm³/mol. The van der Waals surface area contributed by atoms with Crippen molar-refractivity contribution in [2.75, 3.05) is 25.8 Å². The smallest absolute Gasteiger partial charge is 0.0561 e. The van der Waals surface area contributed by atoms with Gasteiger partial charge in [0.1, 0.15) is 0 Å². The van der Waals surface area contributed by atoms with Crippen LogP contribution in [0.25, 0.3) is 0 Å². The molecule has 0 aliphatic carbocycles. The van der Waals surface area contributed by atoms with Gasteiger partial charge in [-0.1, -0.05) is 60.7 Å².